The van der Waals surface area contributed by atoms with Crippen LogP contribution in [0.3, 0.4) is 0 Å². The number of benzene rings is 1. The van der Waals surface area contributed by atoms with Crippen LogP contribution in [0.25, 0.3) is 6.08 Å². The van der Waals surface area contributed by atoms with E-state index < -0.39 is 22.9 Å². The Balaban J connectivity index is 1.32. The van der Waals surface area contributed by atoms with Gasteiger partial charge >= 0.3 is 0 Å². The van der Waals surface area contributed by atoms with Gasteiger partial charge in [-0.05, 0) is 66.2 Å². The fourth-order valence-electron chi connectivity index (χ4n) is 3.12. The fraction of sp³-hybridized carbons (Fsp3) is 0.130. The number of aryl methyl sites for hydroxylation is 1. The lowest BCUT2D eigenvalue weighted by atomic mass is 10.2. The SMILES string of the molecule is Cc1cc(NC(=O)c2ccco2)sc1C(=O)NCCN1C(=O)S/C(=C/c2ccc(F)cc2)C1=O. The number of nitrogens with zero attached hydrogens (tertiary/aromatic N) is 1. The normalized spacial score (nSPS) is 14.6. The van der Waals surface area contributed by atoms with Crippen LogP contribution in [0.15, 0.2) is 58.1 Å². The van der Waals surface area contributed by atoms with Crippen LogP contribution in [0.1, 0.15) is 31.4 Å². The lowest BCUT2D eigenvalue weighted by molar-refractivity contribution is -0.122. The summed E-state index contributed by atoms with van der Waals surface area (Å²) in [7, 11) is 0. The van der Waals surface area contributed by atoms with Crippen LogP contribution in [0.2, 0.25) is 0 Å². The summed E-state index contributed by atoms with van der Waals surface area (Å²) in [5, 5.41) is 5.42. The van der Waals surface area contributed by atoms with E-state index >= 15 is 0 Å². The molecule has 0 spiro atoms. The maximum absolute atomic E-state index is 13.1. The first-order valence-corrected chi connectivity index (χ1v) is 11.7. The predicted octanol–water partition coefficient (Wildman–Crippen LogP) is 4.51. The van der Waals surface area contributed by atoms with Crippen LogP contribution in [0.5, 0.6) is 0 Å². The highest BCUT2D eigenvalue weighted by Crippen LogP contribution is 2.32. The maximum Gasteiger partial charge on any atom is 0.293 e. The van der Waals surface area contributed by atoms with Crippen LogP contribution in [0, 0.1) is 12.7 Å². The van der Waals surface area contributed by atoms with Gasteiger partial charge in [0, 0.05) is 13.1 Å². The topological polar surface area (TPSA) is 109 Å². The van der Waals surface area contributed by atoms with Crippen molar-refractivity contribution >= 4 is 57.1 Å². The zero-order chi connectivity index (χ0) is 24.2. The van der Waals surface area contributed by atoms with E-state index in [0.29, 0.717) is 21.0 Å². The van der Waals surface area contributed by atoms with Crippen LogP contribution in [-0.4, -0.2) is 41.0 Å². The quantitative estimate of drug-likeness (QED) is 0.463. The van der Waals surface area contributed by atoms with E-state index in [2.05, 4.69) is 10.6 Å². The summed E-state index contributed by atoms with van der Waals surface area (Å²) in [6, 6.07) is 10.4. The molecule has 0 atom stereocenters. The number of furan rings is 1. The molecule has 2 aromatic heterocycles. The third-order valence-corrected chi connectivity index (χ3v) is 6.83. The van der Waals surface area contributed by atoms with Gasteiger partial charge in [0.2, 0.25) is 0 Å². The van der Waals surface area contributed by atoms with Gasteiger partial charge in [0.05, 0.1) is 21.0 Å². The first-order valence-electron chi connectivity index (χ1n) is 10.1. The number of hydrogen-bond donors (Lipinski definition) is 2. The molecule has 11 heteroatoms. The molecule has 0 bridgehead atoms. The van der Waals surface area contributed by atoms with E-state index in [1.807, 2.05) is 0 Å². The van der Waals surface area contributed by atoms with Gasteiger partial charge in [-0.25, -0.2) is 4.39 Å². The Kier molecular flexibility index (Phi) is 6.94. The summed E-state index contributed by atoms with van der Waals surface area (Å²) in [6.45, 7) is 1.81. The lowest BCUT2D eigenvalue weighted by Crippen LogP contribution is -2.37. The summed E-state index contributed by atoms with van der Waals surface area (Å²) in [4.78, 5) is 51.2. The van der Waals surface area contributed by atoms with Gasteiger partial charge in [-0.3, -0.25) is 24.1 Å². The van der Waals surface area contributed by atoms with Crippen LogP contribution in [-0.2, 0) is 4.79 Å². The lowest BCUT2D eigenvalue weighted by Gasteiger charge is -2.12. The molecule has 3 heterocycles. The molecule has 174 valence electrons. The molecule has 1 aliphatic rings. The Morgan fingerprint density at radius 2 is 1.91 bits per heavy atom. The summed E-state index contributed by atoms with van der Waals surface area (Å²) in [5.41, 5.74) is 1.27. The summed E-state index contributed by atoms with van der Waals surface area (Å²) in [6.07, 6.45) is 2.92. The van der Waals surface area contributed by atoms with E-state index in [-0.39, 0.29) is 29.7 Å². The molecule has 4 amide bonds. The third kappa shape index (κ3) is 5.26. The molecular weight excluding hydrogens is 481 g/mol. The van der Waals surface area contributed by atoms with E-state index in [0.717, 1.165) is 28.0 Å². The Hall–Kier alpha value is -3.70. The minimum absolute atomic E-state index is 0.00364. The van der Waals surface area contributed by atoms with Gasteiger partial charge in [-0.1, -0.05) is 12.1 Å². The molecule has 0 radical (unpaired) electrons. The maximum atomic E-state index is 13.1. The highest BCUT2D eigenvalue weighted by atomic mass is 32.2. The molecule has 34 heavy (non-hydrogen) atoms. The smallest absolute Gasteiger partial charge is 0.293 e. The second-order valence-electron chi connectivity index (χ2n) is 7.20. The fourth-order valence-corrected chi connectivity index (χ4v) is 4.96. The number of carbonyl (C=O) groups is 4. The number of imide groups is 1. The van der Waals surface area contributed by atoms with E-state index in [1.165, 1.54) is 42.7 Å². The molecule has 2 N–H and O–H groups in total. The van der Waals surface area contributed by atoms with Crippen molar-refractivity contribution in [2.24, 2.45) is 0 Å². The zero-order valence-electron chi connectivity index (χ0n) is 17.8. The Labute approximate surface area is 201 Å². The van der Waals surface area contributed by atoms with Crippen LogP contribution in [0.4, 0.5) is 14.2 Å². The molecule has 4 rings (SSSR count). The first-order chi connectivity index (χ1) is 16.3. The van der Waals surface area contributed by atoms with E-state index in [4.69, 9.17) is 4.42 Å². The monoisotopic (exact) mass is 499 g/mol. The van der Waals surface area contributed by atoms with Crippen molar-refractivity contribution in [3.63, 3.8) is 0 Å². The highest BCUT2D eigenvalue weighted by molar-refractivity contribution is 8.18. The summed E-state index contributed by atoms with van der Waals surface area (Å²) < 4.78 is 18.1. The Morgan fingerprint density at radius 1 is 1.15 bits per heavy atom. The molecule has 1 aromatic carbocycles. The minimum atomic E-state index is -0.469. The van der Waals surface area contributed by atoms with Gasteiger partial charge < -0.3 is 15.1 Å². The van der Waals surface area contributed by atoms with Crippen molar-refractivity contribution in [1.29, 1.82) is 0 Å². The number of thiophene rings is 1. The molecule has 0 saturated carbocycles. The number of amides is 4. The standard InChI is InChI=1S/C23H18FN3O5S2/c1-13-11-18(26-20(28)16-3-2-10-32-16)34-19(13)21(29)25-8-9-27-22(30)17(33-23(27)31)12-14-4-6-15(24)7-5-14/h2-7,10-12H,8-9H2,1H3,(H,25,29)(H,26,28)/b17-12+. The highest BCUT2D eigenvalue weighted by Gasteiger charge is 2.34. The summed E-state index contributed by atoms with van der Waals surface area (Å²) in [5.74, 6) is -1.51. The number of anilines is 1. The van der Waals surface area contributed by atoms with Crippen molar-refractivity contribution in [2.75, 3.05) is 18.4 Å². The molecule has 1 aliphatic heterocycles. The average Bonchev–Trinajstić information content (AvgIpc) is 3.52. The Bertz CT molecular complexity index is 1280. The molecule has 0 aliphatic carbocycles. The average molecular weight is 500 g/mol. The molecule has 1 saturated heterocycles. The van der Waals surface area contributed by atoms with E-state index in [1.54, 1.807) is 19.1 Å². The second kappa shape index (κ2) is 10.1. The molecule has 3 aromatic rings. The van der Waals surface area contributed by atoms with Gasteiger partial charge in [0.25, 0.3) is 23.0 Å². The largest absolute Gasteiger partial charge is 0.459 e. The number of carbonyl (C=O) groups excluding carboxylic acids is 4. The van der Waals surface area contributed by atoms with Crippen molar-refractivity contribution in [3.8, 4) is 0 Å². The van der Waals surface area contributed by atoms with Gasteiger partial charge in [-0.15, -0.1) is 11.3 Å². The number of halogens is 1. The third-order valence-electron chi connectivity index (χ3n) is 4.77. The summed E-state index contributed by atoms with van der Waals surface area (Å²) >= 11 is 1.90. The van der Waals surface area contributed by atoms with Gasteiger partial charge in [0.1, 0.15) is 5.82 Å². The predicted molar refractivity (Wildman–Crippen MR) is 127 cm³/mol. The molecule has 8 nitrogen and oxygen atoms in total. The molecular formula is C23H18FN3O5S2. The molecule has 1 fully saturated rings. The number of nitrogens with one attached hydrogen (secondary N) is 2. The van der Waals surface area contributed by atoms with E-state index in [9.17, 15) is 23.6 Å². The second-order valence-corrected chi connectivity index (χ2v) is 9.24. The van der Waals surface area contributed by atoms with Gasteiger partial charge in [-0.2, -0.15) is 0 Å². The zero-order valence-corrected chi connectivity index (χ0v) is 19.4. The van der Waals surface area contributed by atoms with Crippen molar-refractivity contribution in [2.45, 2.75) is 6.92 Å². The minimum Gasteiger partial charge on any atom is -0.459 e. The van der Waals surface area contributed by atoms with Crippen LogP contribution < -0.4 is 10.6 Å². The van der Waals surface area contributed by atoms with Crippen molar-refractivity contribution in [1.82, 2.24) is 10.2 Å². The van der Waals surface area contributed by atoms with Gasteiger partial charge in [0.15, 0.2) is 5.76 Å². The number of hydrogen-bond acceptors (Lipinski definition) is 7. The van der Waals surface area contributed by atoms with Crippen LogP contribution >= 0.6 is 23.1 Å². The molecule has 0 unspecified atom stereocenters. The first kappa shape index (κ1) is 23.5. The number of thioether (sulfide) groups is 1. The van der Waals surface area contributed by atoms with Crippen molar-refractivity contribution in [3.05, 3.63) is 81.2 Å². The number of rotatable bonds is 7. The Morgan fingerprint density at radius 3 is 2.62 bits per heavy atom. The van der Waals surface area contributed by atoms with Crippen molar-refractivity contribution < 1.29 is 28.0 Å².